The van der Waals surface area contributed by atoms with E-state index in [2.05, 4.69) is 22.8 Å². The van der Waals surface area contributed by atoms with E-state index >= 15 is 0 Å². The molecule has 0 spiro atoms. The van der Waals surface area contributed by atoms with Crippen molar-refractivity contribution in [3.05, 3.63) is 90.0 Å². The van der Waals surface area contributed by atoms with Crippen LogP contribution in [-0.2, 0) is 10.5 Å². The van der Waals surface area contributed by atoms with E-state index in [0.29, 0.717) is 16.9 Å². The molecule has 0 bridgehead atoms. The molecule has 0 unspecified atom stereocenters. The molecule has 2 amide bonds. The molecule has 2 N–H and O–H groups in total. The molecule has 0 saturated carbocycles. The average Bonchev–Trinajstić information content (AvgIpc) is 2.67. The van der Waals surface area contributed by atoms with Crippen molar-refractivity contribution in [2.24, 2.45) is 0 Å². The van der Waals surface area contributed by atoms with Gasteiger partial charge in [-0.15, -0.1) is 11.8 Å². The van der Waals surface area contributed by atoms with Crippen LogP contribution in [0.15, 0.2) is 83.8 Å². The molecule has 5 heteroatoms. The van der Waals surface area contributed by atoms with Crippen LogP contribution < -0.4 is 10.6 Å². The van der Waals surface area contributed by atoms with E-state index in [1.165, 1.54) is 12.5 Å². The van der Waals surface area contributed by atoms with E-state index in [0.717, 1.165) is 10.6 Å². The summed E-state index contributed by atoms with van der Waals surface area (Å²) in [6.07, 6.45) is 0. The molecule has 0 aliphatic heterocycles. The molecule has 3 aromatic carbocycles. The lowest BCUT2D eigenvalue weighted by molar-refractivity contribution is -0.114. The molecule has 0 aliphatic rings. The fourth-order valence-electron chi connectivity index (χ4n) is 2.59. The van der Waals surface area contributed by atoms with E-state index in [-0.39, 0.29) is 11.8 Å². The first-order valence-electron chi connectivity index (χ1n) is 8.56. The van der Waals surface area contributed by atoms with E-state index < -0.39 is 0 Å². The minimum absolute atomic E-state index is 0.152. The van der Waals surface area contributed by atoms with Gasteiger partial charge in [-0.05, 0) is 35.9 Å². The summed E-state index contributed by atoms with van der Waals surface area (Å²) in [6.45, 7) is 1.45. The maximum absolute atomic E-state index is 12.8. The van der Waals surface area contributed by atoms with Gasteiger partial charge in [-0.3, -0.25) is 9.59 Å². The van der Waals surface area contributed by atoms with Crippen molar-refractivity contribution < 1.29 is 9.59 Å². The fraction of sp³-hybridized carbons (Fsp3) is 0.0909. The highest BCUT2D eigenvalue weighted by molar-refractivity contribution is 7.98. The molecule has 136 valence electrons. The predicted octanol–water partition coefficient (Wildman–Crippen LogP) is 5.19. The third-order valence-electron chi connectivity index (χ3n) is 3.81. The highest BCUT2D eigenvalue weighted by Crippen LogP contribution is 2.27. The molecule has 0 radical (unpaired) electrons. The summed E-state index contributed by atoms with van der Waals surface area (Å²) < 4.78 is 0. The molecule has 3 rings (SSSR count). The quantitative estimate of drug-likeness (QED) is 0.582. The topological polar surface area (TPSA) is 58.2 Å². The van der Waals surface area contributed by atoms with Crippen LogP contribution in [0.1, 0.15) is 22.8 Å². The number of amides is 2. The van der Waals surface area contributed by atoms with Gasteiger partial charge in [-0.2, -0.15) is 0 Å². The minimum atomic E-state index is -0.175. The summed E-state index contributed by atoms with van der Waals surface area (Å²) in [7, 11) is 0. The van der Waals surface area contributed by atoms with Crippen molar-refractivity contribution >= 4 is 35.0 Å². The smallest absolute Gasteiger partial charge is 0.256 e. The van der Waals surface area contributed by atoms with Crippen LogP contribution in [0.4, 0.5) is 11.4 Å². The van der Waals surface area contributed by atoms with E-state index in [9.17, 15) is 9.59 Å². The zero-order chi connectivity index (χ0) is 19.1. The summed E-state index contributed by atoms with van der Waals surface area (Å²) in [6, 6.07) is 24.8. The molecule has 0 saturated heterocycles. The number of carbonyl (C=O) groups excluding carboxylic acids is 2. The molecule has 4 nitrogen and oxygen atoms in total. The SMILES string of the molecule is CC(=O)Nc1cccc(NC(=O)c2ccccc2SCc2ccccc2)c1. The van der Waals surface area contributed by atoms with Crippen molar-refractivity contribution in [2.75, 3.05) is 10.6 Å². The van der Waals surface area contributed by atoms with Crippen molar-refractivity contribution in [3.8, 4) is 0 Å². The highest BCUT2D eigenvalue weighted by Gasteiger charge is 2.12. The number of hydrogen-bond acceptors (Lipinski definition) is 3. The molecule has 0 fully saturated rings. The van der Waals surface area contributed by atoms with Crippen molar-refractivity contribution in [2.45, 2.75) is 17.6 Å². The van der Waals surface area contributed by atoms with Gasteiger partial charge in [0.2, 0.25) is 5.91 Å². The van der Waals surface area contributed by atoms with Crippen LogP contribution in [0.5, 0.6) is 0 Å². The van der Waals surface area contributed by atoms with Crippen molar-refractivity contribution in [3.63, 3.8) is 0 Å². The third kappa shape index (κ3) is 5.46. The number of carbonyl (C=O) groups is 2. The molecule has 27 heavy (non-hydrogen) atoms. The van der Waals surface area contributed by atoms with Crippen LogP contribution in [0.3, 0.4) is 0 Å². The Labute approximate surface area is 163 Å². The van der Waals surface area contributed by atoms with Gasteiger partial charge >= 0.3 is 0 Å². The van der Waals surface area contributed by atoms with E-state index in [1.54, 1.807) is 36.0 Å². The second kappa shape index (κ2) is 9.05. The van der Waals surface area contributed by atoms with Crippen LogP contribution in [0, 0.1) is 0 Å². The van der Waals surface area contributed by atoms with Crippen LogP contribution in [0.2, 0.25) is 0 Å². The predicted molar refractivity (Wildman–Crippen MR) is 111 cm³/mol. The number of benzene rings is 3. The Kier molecular flexibility index (Phi) is 6.28. The normalized spacial score (nSPS) is 10.3. The van der Waals surface area contributed by atoms with Crippen molar-refractivity contribution in [1.29, 1.82) is 0 Å². The van der Waals surface area contributed by atoms with Gasteiger partial charge in [-0.25, -0.2) is 0 Å². The Bertz CT molecular complexity index is 942. The van der Waals surface area contributed by atoms with Crippen LogP contribution in [-0.4, -0.2) is 11.8 Å². The van der Waals surface area contributed by atoms with Gasteiger partial charge in [0.05, 0.1) is 5.56 Å². The number of nitrogens with one attached hydrogen (secondary N) is 2. The first-order valence-corrected chi connectivity index (χ1v) is 9.55. The zero-order valence-corrected chi connectivity index (χ0v) is 15.8. The summed E-state index contributed by atoms with van der Waals surface area (Å²) >= 11 is 1.63. The molecule has 3 aromatic rings. The zero-order valence-electron chi connectivity index (χ0n) is 14.9. The van der Waals surface area contributed by atoms with Crippen LogP contribution >= 0.6 is 11.8 Å². The standard InChI is InChI=1S/C22H20N2O2S/c1-16(25)23-18-10-7-11-19(14-18)24-22(26)20-12-5-6-13-21(20)27-15-17-8-3-2-4-9-17/h2-14H,15H2,1H3,(H,23,25)(H,24,26). The summed E-state index contributed by atoms with van der Waals surface area (Å²) in [4.78, 5) is 24.9. The van der Waals surface area contributed by atoms with E-state index in [4.69, 9.17) is 0 Å². The lowest BCUT2D eigenvalue weighted by Crippen LogP contribution is -2.13. The minimum Gasteiger partial charge on any atom is -0.326 e. The number of thioether (sulfide) groups is 1. The van der Waals surface area contributed by atoms with Gasteiger partial charge in [0.25, 0.3) is 5.91 Å². The summed E-state index contributed by atoms with van der Waals surface area (Å²) in [5.74, 6) is 0.468. The Morgan fingerprint density at radius 3 is 2.22 bits per heavy atom. The maximum atomic E-state index is 12.8. The van der Waals surface area contributed by atoms with Gasteiger partial charge in [0, 0.05) is 28.9 Å². The second-order valence-electron chi connectivity index (χ2n) is 5.99. The first-order chi connectivity index (χ1) is 13.1. The fourth-order valence-corrected chi connectivity index (χ4v) is 3.60. The third-order valence-corrected chi connectivity index (χ3v) is 4.95. The van der Waals surface area contributed by atoms with Gasteiger partial charge in [-0.1, -0.05) is 48.5 Å². The molecular weight excluding hydrogens is 356 g/mol. The lowest BCUT2D eigenvalue weighted by atomic mass is 10.2. The number of hydrogen-bond donors (Lipinski definition) is 2. The Balaban J connectivity index is 1.72. The summed E-state index contributed by atoms with van der Waals surface area (Å²) in [5, 5.41) is 5.62. The van der Waals surface area contributed by atoms with Gasteiger partial charge in [0.15, 0.2) is 0 Å². The highest BCUT2D eigenvalue weighted by atomic mass is 32.2. The maximum Gasteiger partial charge on any atom is 0.256 e. The summed E-state index contributed by atoms with van der Waals surface area (Å²) in [5.41, 5.74) is 3.12. The van der Waals surface area contributed by atoms with E-state index in [1.807, 2.05) is 42.5 Å². The average molecular weight is 376 g/mol. The van der Waals surface area contributed by atoms with Crippen molar-refractivity contribution in [1.82, 2.24) is 0 Å². The Morgan fingerprint density at radius 2 is 1.48 bits per heavy atom. The molecule has 0 aliphatic carbocycles. The Morgan fingerprint density at radius 1 is 0.815 bits per heavy atom. The van der Waals surface area contributed by atoms with Gasteiger partial charge < -0.3 is 10.6 Å². The Hall–Kier alpha value is -3.05. The monoisotopic (exact) mass is 376 g/mol. The van der Waals surface area contributed by atoms with Gasteiger partial charge in [0.1, 0.15) is 0 Å². The molecule has 0 aromatic heterocycles. The largest absolute Gasteiger partial charge is 0.326 e. The number of rotatable bonds is 6. The second-order valence-corrected chi connectivity index (χ2v) is 7.00. The number of anilines is 2. The first kappa shape index (κ1) is 18.7. The molecule has 0 atom stereocenters. The lowest BCUT2D eigenvalue weighted by Gasteiger charge is -2.11. The molecular formula is C22H20N2O2S. The molecule has 0 heterocycles. The van der Waals surface area contributed by atoms with Crippen LogP contribution in [0.25, 0.3) is 0 Å².